The fourth-order valence-electron chi connectivity index (χ4n) is 3.10. The van der Waals surface area contributed by atoms with Crippen LogP contribution < -0.4 is 5.32 Å². The van der Waals surface area contributed by atoms with E-state index in [0.717, 1.165) is 17.0 Å². The van der Waals surface area contributed by atoms with E-state index in [-0.39, 0.29) is 17.7 Å². The number of carbonyl (C=O) groups excluding carboxylic acids is 2. The maximum Gasteiger partial charge on any atom is 0.225 e. The minimum atomic E-state index is -0.262. The largest absolute Gasteiger partial charge is 0.355 e. The molecule has 130 valence electrons. The normalized spacial score (nSPS) is 16.9. The number of hydrogen-bond acceptors (Lipinski definition) is 3. The minimum Gasteiger partial charge on any atom is -0.355 e. The topological polar surface area (TPSA) is 62.3 Å². The molecule has 0 saturated carbocycles. The Kier molecular flexibility index (Phi) is 5.43. The lowest BCUT2D eigenvalue weighted by molar-refractivity contribution is -0.129. The van der Waals surface area contributed by atoms with Gasteiger partial charge in [-0.1, -0.05) is 36.4 Å². The van der Waals surface area contributed by atoms with Gasteiger partial charge in [0.15, 0.2) is 0 Å². The van der Waals surface area contributed by atoms with Crippen LogP contribution >= 0.6 is 0 Å². The van der Waals surface area contributed by atoms with Gasteiger partial charge in [0.1, 0.15) is 0 Å². The number of pyridine rings is 1. The quantitative estimate of drug-likeness (QED) is 0.878. The van der Waals surface area contributed by atoms with Gasteiger partial charge in [-0.15, -0.1) is 0 Å². The molecule has 25 heavy (non-hydrogen) atoms. The molecule has 0 radical (unpaired) electrons. The molecule has 1 fully saturated rings. The monoisotopic (exact) mass is 337 g/mol. The summed E-state index contributed by atoms with van der Waals surface area (Å²) in [6.07, 6.45) is 0.989. The van der Waals surface area contributed by atoms with E-state index in [1.807, 2.05) is 55.5 Å². The molecule has 1 unspecified atom stereocenters. The second kappa shape index (κ2) is 7.92. The number of carbonyl (C=O) groups is 2. The Morgan fingerprint density at radius 1 is 1.20 bits per heavy atom. The Labute approximate surface area is 148 Å². The average molecular weight is 337 g/mol. The van der Waals surface area contributed by atoms with Crippen molar-refractivity contribution in [2.24, 2.45) is 5.92 Å². The van der Waals surface area contributed by atoms with Crippen LogP contribution in [0.25, 0.3) is 0 Å². The molecule has 1 saturated heterocycles. The Balaban J connectivity index is 1.47. The lowest BCUT2D eigenvalue weighted by Gasteiger charge is -2.16. The first-order chi connectivity index (χ1) is 12.1. The van der Waals surface area contributed by atoms with Crippen LogP contribution in [0.15, 0.2) is 48.5 Å². The number of nitrogens with zero attached hydrogens (tertiary/aromatic N) is 2. The van der Waals surface area contributed by atoms with Crippen molar-refractivity contribution < 1.29 is 9.59 Å². The Morgan fingerprint density at radius 2 is 2.00 bits per heavy atom. The van der Waals surface area contributed by atoms with E-state index in [1.165, 1.54) is 0 Å². The number of benzene rings is 1. The van der Waals surface area contributed by atoms with Gasteiger partial charge in [-0.25, -0.2) is 0 Å². The summed E-state index contributed by atoms with van der Waals surface area (Å²) in [5.41, 5.74) is 3.03. The molecule has 3 rings (SSSR count). The van der Waals surface area contributed by atoms with Crippen molar-refractivity contribution in [2.75, 3.05) is 13.1 Å². The molecule has 2 heterocycles. The third kappa shape index (κ3) is 4.66. The maximum absolute atomic E-state index is 12.3. The first-order valence-electron chi connectivity index (χ1n) is 8.64. The zero-order chi connectivity index (χ0) is 17.6. The second-order valence-electron chi connectivity index (χ2n) is 6.47. The molecule has 2 aromatic rings. The molecule has 0 bridgehead atoms. The summed E-state index contributed by atoms with van der Waals surface area (Å²) in [4.78, 5) is 30.7. The highest BCUT2D eigenvalue weighted by Gasteiger charge is 2.33. The van der Waals surface area contributed by atoms with Crippen molar-refractivity contribution in [1.29, 1.82) is 0 Å². The number of aryl methyl sites for hydroxylation is 1. The summed E-state index contributed by atoms with van der Waals surface area (Å²) in [5, 5.41) is 2.94. The van der Waals surface area contributed by atoms with Crippen molar-refractivity contribution in [3.63, 3.8) is 0 Å². The van der Waals surface area contributed by atoms with Gasteiger partial charge < -0.3 is 10.2 Å². The number of amides is 2. The highest BCUT2D eigenvalue weighted by molar-refractivity contribution is 5.89. The molecular weight excluding hydrogens is 314 g/mol. The third-order valence-corrected chi connectivity index (χ3v) is 4.43. The van der Waals surface area contributed by atoms with Crippen molar-refractivity contribution in [3.8, 4) is 0 Å². The van der Waals surface area contributed by atoms with E-state index in [4.69, 9.17) is 0 Å². The zero-order valence-corrected chi connectivity index (χ0v) is 14.4. The highest BCUT2D eigenvalue weighted by atomic mass is 16.2. The number of hydrogen-bond donors (Lipinski definition) is 1. The van der Waals surface area contributed by atoms with Crippen LogP contribution in [0.1, 0.15) is 23.4 Å². The van der Waals surface area contributed by atoms with Gasteiger partial charge in [0.05, 0.1) is 5.92 Å². The lowest BCUT2D eigenvalue weighted by atomic mass is 10.1. The summed E-state index contributed by atoms with van der Waals surface area (Å²) >= 11 is 0. The summed E-state index contributed by atoms with van der Waals surface area (Å²) in [5.74, 6) is -0.261. The van der Waals surface area contributed by atoms with Crippen LogP contribution in [-0.2, 0) is 22.6 Å². The zero-order valence-electron chi connectivity index (χ0n) is 14.4. The van der Waals surface area contributed by atoms with E-state index in [1.54, 1.807) is 4.90 Å². The summed E-state index contributed by atoms with van der Waals surface area (Å²) < 4.78 is 0. The maximum atomic E-state index is 12.3. The summed E-state index contributed by atoms with van der Waals surface area (Å²) in [6.45, 7) is 3.55. The van der Waals surface area contributed by atoms with Crippen LogP contribution in [0.2, 0.25) is 0 Å². The van der Waals surface area contributed by atoms with Crippen LogP contribution in [0, 0.1) is 12.8 Å². The van der Waals surface area contributed by atoms with Crippen LogP contribution in [0.5, 0.6) is 0 Å². The van der Waals surface area contributed by atoms with Crippen molar-refractivity contribution >= 4 is 11.8 Å². The molecule has 2 amide bonds. The molecule has 1 aliphatic rings. The molecule has 1 aliphatic heterocycles. The fourth-order valence-corrected chi connectivity index (χ4v) is 3.10. The van der Waals surface area contributed by atoms with Crippen molar-refractivity contribution in [1.82, 2.24) is 15.2 Å². The first-order valence-corrected chi connectivity index (χ1v) is 8.64. The molecule has 1 atom stereocenters. The summed E-state index contributed by atoms with van der Waals surface area (Å²) in [6, 6.07) is 15.7. The van der Waals surface area contributed by atoms with Gasteiger partial charge in [0, 0.05) is 43.9 Å². The highest BCUT2D eigenvalue weighted by Crippen LogP contribution is 2.20. The standard InChI is InChI=1S/C20H23N3O2/c1-15-6-5-9-18(22-15)10-11-21-20(25)17-12-19(24)23(14-17)13-16-7-3-2-4-8-16/h2-9,17H,10-14H2,1H3,(H,21,25). The van der Waals surface area contributed by atoms with Gasteiger partial charge in [-0.05, 0) is 24.6 Å². The predicted molar refractivity (Wildman–Crippen MR) is 95.7 cm³/mol. The number of rotatable bonds is 6. The van der Waals surface area contributed by atoms with Crippen LogP contribution in [-0.4, -0.2) is 34.8 Å². The second-order valence-corrected chi connectivity index (χ2v) is 6.47. The molecule has 5 heteroatoms. The number of likely N-dealkylation sites (tertiary alicyclic amines) is 1. The van der Waals surface area contributed by atoms with Gasteiger partial charge in [-0.2, -0.15) is 0 Å². The van der Waals surface area contributed by atoms with Crippen molar-refractivity contribution in [2.45, 2.75) is 26.3 Å². The molecule has 0 aliphatic carbocycles. The summed E-state index contributed by atoms with van der Waals surface area (Å²) in [7, 11) is 0. The number of aromatic nitrogens is 1. The van der Waals surface area contributed by atoms with E-state index < -0.39 is 0 Å². The van der Waals surface area contributed by atoms with Gasteiger partial charge in [0.2, 0.25) is 11.8 Å². The molecule has 5 nitrogen and oxygen atoms in total. The lowest BCUT2D eigenvalue weighted by Crippen LogP contribution is -2.34. The molecular formula is C20H23N3O2. The Morgan fingerprint density at radius 3 is 2.76 bits per heavy atom. The first kappa shape index (κ1) is 17.1. The van der Waals surface area contributed by atoms with Gasteiger partial charge in [0.25, 0.3) is 0 Å². The van der Waals surface area contributed by atoms with Crippen molar-refractivity contribution in [3.05, 3.63) is 65.5 Å². The molecule has 1 aromatic heterocycles. The van der Waals surface area contributed by atoms with Gasteiger partial charge in [-0.3, -0.25) is 14.6 Å². The molecule has 0 spiro atoms. The fraction of sp³-hybridized carbons (Fsp3) is 0.350. The predicted octanol–water partition coefficient (Wildman–Crippen LogP) is 2.10. The molecule has 1 aromatic carbocycles. The van der Waals surface area contributed by atoms with Gasteiger partial charge >= 0.3 is 0 Å². The van der Waals surface area contributed by atoms with Crippen LogP contribution in [0.3, 0.4) is 0 Å². The SMILES string of the molecule is Cc1cccc(CCNC(=O)C2CC(=O)N(Cc3ccccc3)C2)n1. The van der Waals surface area contributed by atoms with E-state index in [9.17, 15) is 9.59 Å². The average Bonchev–Trinajstić information content (AvgIpc) is 2.97. The van der Waals surface area contributed by atoms with E-state index in [2.05, 4.69) is 10.3 Å². The smallest absolute Gasteiger partial charge is 0.225 e. The van der Waals surface area contributed by atoms with E-state index >= 15 is 0 Å². The molecule has 1 N–H and O–H groups in total. The Hall–Kier alpha value is -2.69. The number of nitrogens with one attached hydrogen (secondary N) is 1. The minimum absolute atomic E-state index is 0.0448. The van der Waals surface area contributed by atoms with E-state index in [0.29, 0.717) is 32.5 Å². The third-order valence-electron chi connectivity index (χ3n) is 4.43. The Bertz CT molecular complexity index is 746. The van der Waals surface area contributed by atoms with Crippen LogP contribution in [0.4, 0.5) is 0 Å².